The summed E-state index contributed by atoms with van der Waals surface area (Å²) in [4.78, 5) is 11.3. The maximum Gasteiger partial charge on any atom is 0.336 e. The normalized spacial score (nSPS) is 11.4. The number of nitrogens with zero attached hydrogens (tertiary/aromatic N) is 2. The number of fused-ring (bicyclic) bond motifs is 1. The summed E-state index contributed by atoms with van der Waals surface area (Å²) in [5.74, 6) is -1.22. The van der Waals surface area contributed by atoms with Gasteiger partial charge in [-0.25, -0.2) is 9.18 Å². The third-order valence-corrected chi connectivity index (χ3v) is 3.24. The number of aromatic hydroxyl groups is 2. The monoisotopic (exact) mass is 314 g/mol. The molecule has 0 bridgehead atoms. The highest BCUT2D eigenvalue weighted by atomic mass is 19.1. The first-order valence-corrected chi connectivity index (χ1v) is 6.62. The third-order valence-electron chi connectivity index (χ3n) is 3.24. The molecule has 0 unspecified atom stereocenters. The zero-order valence-corrected chi connectivity index (χ0v) is 11.9. The zero-order valence-electron chi connectivity index (χ0n) is 11.9. The average molecular weight is 314 g/mol. The molecule has 2 N–H and O–H groups in total. The largest absolute Gasteiger partial charge is 0.508 e. The minimum Gasteiger partial charge on any atom is -0.508 e. The van der Waals surface area contributed by atoms with Gasteiger partial charge in [-0.2, -0.15) is 0 Å². The maximum absolute atomic E-state index is 13.6. The first-order valence-electron chi connectivity index (χ1n) is 6.62. The Hall–Kier alpha value is -3.22. The van der Waals surface area contributed by atoms with Crippen molar-refractivity contribution in [3.63, 3.8) is 0 Å². The van der Waals surface area contributed by atoms with Crippen molar-refractivity contribution in [3.8, 4) is 11.5 Å². The molecule has 0 atom stereocenters. The minimum atomic E-state index is -0.740. The highest BCUT2D eigenvalue weighted by molar-refractivity contribution is 5.85. The van der Waals surface area contributed by atoms with Gasteiger partial charge in [0, 0.05) is 23.6 Å². The van der Waals surface area contributed by atoms with Crippen molar-refractivity contribution in [2.24, 2.45) is 10.2 Å². The van der Waals surface area contributed by atoms with Crippen LogP contribution in [-0.4, -0.2) is 10.2 Å². The number of rotatable bonds is 2. The van der Waals surface area contributed by atoms with Gasteiger partial charge < -0.3 is 14.6 Å². The highest BCUT2D eigenvalue weighted by Crippen LogP contribution is 2.34. The van der Waals surface area contributed by atoms with Crippen LogP contribution in [0.4, 0.5) is 15.8 Å². The standard InChI is InChI=1S/C16H11FN2O4/c1-8-4-16(22)23-15-7-14(21)13(6-10(8)15)19-18-12-3-2-9(20)5-11(12)17/h2-7,20-21H,1H3. The average Bonchev–Trinajstić information content (AvgIpc) is 2.46. The first-order chi connectivity index (χ1) is 10.9. The van der Waals surface area contributed by atoms with Gasteiger partial charge in [-0.1, -0.05) is 0 Å². The highest BCUT2D eigenvalue weighted by Gasteiger charge is 2.09. The van der Waals surface area contributed by atoms with Crippen LogP contribution in [0, 0.1) is 12.7 Å². The molecule has 0 fully saturated rings. The van der Waals surface area contributed by atoms with Crippen LogP contribution in [0.2, 0.25) is 0 Å². The number of hydrogen-bond acceptors (Lipinski definition) is 6. The molecule has 116 valence electrons. The fraction of sp³-hybridized carbons (Fsp3) is 0.0625. The molecular weight excluding hydrogens is 303 g/mol. The second kappa shape index (κ2) is 5.53. The number of phenols is 2. The predicted octanol–water partition coefficient (Wildman–Crippen LogP) is 4.07. The van der Waals surface area contributed by atoms with E-state index in [0.29, 0.717) is 10.9 Å². The summed E-state index contributed by atoms with van der Waals surface area (Å²) in [7, 11) is 0. The second-order valence-electron chi connectivity index (χ2n) is 4.92. The molecule has 0 aliphatic heterocycles. The van der Waals surface area contributed by atoms with Crippen molar-refractivity contribution < 1.29 is 19.0 Å². The van der Waals surface area contributed by atoms with E-state index in [1.165, 1.54) is 30.3 Å². The summed E-state index contributed by atoms with van der Waals surface area (Å²) in [6.07, 6.45) is 0. The first kappa shape index (κ1) is 14.7. The topological polar surface area (TPSA) is 95.4 Å². The summed E-state index contributed by atoms with van der Waals surface area (Å²) in [5, 5.41) is 27.2. The number of aryl methyl sites for hydroxylation is 1. The van der Waals surface area contributed by atoms with Gasteiger partial charge in [0.25, 0.3) is 0 Å². The number of benzene rings is 2. The number of azo groups is 1. The molecule has 0 spiro atoms. The number of phenolic OH excluding ortho intramolecular Hbond substituents is 2. The molecule has 23 heavy (non-hydrogen) atoms. The number of hydrogen-bond donors (Lipinski definition) is 2. The van der Waals surface area contributed by atoms with Crippen LogP contribution >= 0.6 is 0 Å². The SMILES string of the molecule is Cc1cc(=O)oc2cc(O)c(N=Nc3ccc(O)cc3F)cc12. The zero-order chi connectivity index (χ0) is 16.6. The van der Waals surface area contributed by atoms with Crippen LogP contribution in [0.3, 0.4) is 0 Å². The van der Waals surface area contributed by atoms with E-state index in [4.69, 9.17) is 9.52 Å². The van der Waals surface area contributed by atoms with E-state index in [1.807, 2.05) is 0 Å². The molecule has 1 heterocycles. The molecule has 6 nitrogen and oxygen atoms in total. The van der Waals surface area contributed by atoms with Gasteiger partial charge in [-0.3, -0.25) is 0 Å². The van der Waals surface area contributed by atoms with Crippen LogP contribution in [0.25, 0.3) is 11.0 Å². The molecule has 0 saturated heterocycles. The van der Waals surface area contributed by atoms with Crippen molar-refractivity contribution in [2.75, 3.05) is 0 Å². The van der Waals surface area contributed by atoms with E-state index in [-0.39, 0.29) is 28.5 Å². The fourth-order valence-corrected chi connectivity index (χ4v) is 2.11. The molecule has 1 aromatic heterocycles. The molecule has 0 saturated carbocycles. The van der Waals surface area contributed by atoms with Crippen LogP contribution < -0.4 is 5.63 Å². The lowest BCUT2D eigenvalue weighted by atomic mass is 10.1. The van der Waals surface area contributed by atoms with Crippen LogP contribution in [0.5, 0.6) is 11.5 Å². The maximum atomic E-state index is 13.6. The molecule has 0 amide bonds. The Morgan fingerprint density at radius 2 is 1.78 bits per heavy atom. The van der Waals surface area contributed by atoms with Crippen molar-refractivity contribution in [2.45, 2.75) is 6.92 Å². The Balaban J connectivity index is 2.07. The Morgan fingerprint density at radius 3 is 2.52 bits per heavy atom. The summed E-state index contributed by atoms with van der Waals surface area (Å²) in [5.41, 5.74) is 0.376. The van der Waals surface area contributed by atoms with Gasteiger partial charge in [0.05, 0.1) is 0 Å². The van der Waals surface area contributed by atoms with E-state index < -0.39 is 11.4 Å². The molecule has 2 aromatic carbocycles. The second-order valence-corrected chi connectivity index (χ2v) is 4.92. The van der Waals surface area contributed by atoms with Crippen LogP contribution in [-0.2, 0) is 0 Å². The van der Waals surface area contributed by atoms with Gasteiger partial charge in [0.1, 0.15) is 28.5 Å². The Bertz CT molecular complexity index is 995. The lowest BCUT2D eigenvalue weighted by molar-refractivity contribution is 0.469. The third kappa shape index (κ3) is 2.89. The van der Waals surface area contributed by atoms with Gasteiger partial charge >= 0.3 is 5.63 Å². The minimum absolute atomic E-state index is 0.0846. The molecule has 0 aliphatic rings. The van der Waals surface area contributed by atoms with E-state index >= 15 is 0 Å². The van der Waals surface area contributed by atoms with Gasteiger partial charge in [0.15, 0.2) is 5.82 Å². The lowest BCUT2D eigenvalue weighted by Gasteiger charge is -2.03. The van der Waals surface area contributed by atoms with Crippen molar-refractivity contribution >= 4 is 22.3 Å². The van der Waals surface area contributed by atoms with Crippen molar-refractivity contribution in [1.29, 1.82) is 0 Å². The Morgan fingerprint density at radius 1 is 1.04 bits per heavy atom. The van der Waals surface area contributed by atoms with Gasteiger partial charge in [0.2, 0.25) is 0 Å². The predicted molar refractivity (Wildman–Crippen MR) is 81.1 cm³/mol. The smallest absolute Gasteiger partial charge is 0.336 e. The quantitative estimate of drug-likeness (QED) is 0.550. The Labute approximate surface area is 129 Å². The van der Waals surface area contributed by atoms with Gasteiger partial charge in [-0.05, 0) is 30.7 Å². The van der Waals surface area contributed by atoms with Crippen molar-refractivity contribution in [1.82, 2.24) is 0 Å². The summed E-state index contributed by atoms with van der Waals surface area (Å²) in [6, 6.07) is 7.51. The molecule has 3 rings (SSSR count). The molecule has 3 aromatic rings. The van der Waals surface area contributed by atoms with E-state index in [0.717, 1.165) is 6.07 Å². The lowest BCUT2D eigenvalue weighted by Crippen LogP contribution is -1.97. The Kier molecular flexibility index (Phi) is 3.53. The van der Waals surface area contributed by atoms with E-state index in [1.54, 1.807) is 6.92 Å². The number of halogens is 1. The van der Waals surface area contributed by atoms with Crippen molar-refractivity contribution in [3.05, 3.63) is 58.2 Å². The summed E-state index contributed by atoms with van der Waals surface area (Å²) < 4.78 is 18.6. The molecule has 0 radical (unpaired) electrons. The summed E-state index contributed by atoms with van der Waals surface area (Å²) in [6.45, 7) is 1.72. The molecule has 7 heteroatoms. The van der Waals surface area contributed by atoms with E-state index in [2.05, 4.69) is 10.2 Å². The fourth-order valence-electron chi connectivity index (χ4n) is 2.11. The summed E-state index contributed by atoms with van der Waals surface area (Å²) >= 11 is 0. The van der Waals surface area contributed by atoms with Crippen LogP contribution in [0.1, 0.15) is 5.56 Å². The molecular formula is C16H11FN2O4. The van der Waals surface area contributed by atoms with Crippen LogP contribution in [0.15, 0.2) is 55.8 Å². The van der Waals surface area contributed by atoms with Gasteiger partial charge in [-0.15, -0.1) is 10.2 Å². The van der Waals surface area contributed by atoms with E-state index in [9.17, 15) is 14.3 Å². The molecule has 0 aliphatic carbocycles.